The normalized spacial score (nSPS) is 38.5. The third-order valence-electron chi connectivity index (χ3n) is 3.57. The Kier molecular flexibility index (Phi) is 2.20. The van der Waals surface area contributed by atoms with Gasteiger partial charge in [-0.1, -0.05) is 17.7 Å². The van der Waals surface area contributed by atoms with Gasteiger partial charge in [-0.05, 0) is 24.5 Å². The SMILES string of the molecule is O[C@@H]1C2CCC(N2)C1c1ccc(Cl)nc1. The molecule has 3 unspecified atom stereocenters. The largest absolute Gasteiger partial charge is 0.391 e. The second kappa shape index (κ2) is 3.44. The minimum atomic E-state index is -0.272. The Morgan fingerprint density at radius 2 is 2.13 bits per heavy atom. The van der Waals surface area contributed by atoms with Gasteiger partial charge in [-0.15, -0.1) is 0 Å². The summed E-state index contributed by atoms with van der Waals surface area (Å²) in [5.74, 6) is 0.188. The molecule has 15 heavy (non-hydrogen) atoms. The van der Waals surface area contributed by atoms with Crippen molar-refractivity contribution in [3.05, 3.63) is 29.0 Å². The number of rotatable bonds is 1. The van der Waals surface area contributed by atoms with Crippen LogP contribution in [-0.2, 0) is 0 Å². The maximum Gasteiger partial charge on any atom is 0.129 e. The zero-order valence-electron chi connectivity index (χ0n) is 8.23. The number of hydrogen-bond donors (Lipinski definition) is 2. The van der Waals surface area contributed by atoms with Crippen LogP contribution in [0.4, 0.5) is 0 Å². The number of halogens is 1. The van der Waals surface area contributed by atoms with E-state index in [1.165, 1.54) is 0 Å². The van der Waals surface area contributed by atoms with Crippen molar-refractivity contribution in [2.45, 2.75) is 36.9 Å². The van der Waals surface area contributed by atoms with Crippen molar-refractivity contribution in [2.24, 2.45) is 0 Å². The summed E-state index contributed by atoms with van der Waals surface area (Å²) in [6, 6.07) is 4.44. The molecule has 2 saturated heterocycles. The third-order valence-corrected chi connectivity index (χ3v) is 3.79. The van der Waals surface area contributed by atoms with Crippen LogP contribution in [0.2, 0.25) is 5.15 Å². The maximum atomic E-state index is 10.1. The lowest BCUT2D eigenvalue weighted by molar-refractivity contribution is 0.125. The molecule has 0 aliphatic carbocycles. The van der Waals surface area contributed by atoms with E-state index in [0.29, 0.717) is 11.2 Å². The fraction of sp³-hybridized carbons (Fsp3) is 0.545. The zero-order valence-corrected chi connectivity index (χ0v) is 8.98. The highest BCUT2D eigenvalue weighted by Crippen LogP contribution is 2.40. The summed E-state index contributed by atoms with van der Waals surface area (Å²) in [5.41, 5.74) is 1.09. The Labute approximate surface area is 93.5 Å². The van der Waals surface area contributed by atoms with Crippen molar-refractivity contribution in [1.29, 1.82) is 0 Å². The van der Waals surface area contributed by atoms with Gasteiger partial charge in [0.1, 0.15) is 5.15 Å². The van der Waals surface area contributed by atoms with Crippen molar-refractivity contribution < 1.29 is 5.11 Å². The van der Waals surface area contributed by atoms with Crippen molar-refractivity contribution >= 4 is 11.6 Å². The highest BCUT2D eigenvalue weighted by molar-refractivity contribution is 6.29. The van der Waals surface area contributed by atoms with Gasteiger partial charge in [-0.25, -0.2) is 4.98 Å². The molecular weight excluding hydrogens is 212 g/mol. The van der Waals surface area contributed by atoms with Gasteiger partial charge in [0.05, 0.1) is 6.10 Å². The maximum absolute atomic E-state index is 10.1. The summed E-state index contributed by atoms with van der Waals surface area (Å²) < 4.78 is 0. The minimum absolute atomic E-state index is 0.188. The van der Waals surface area contributed by atoms with Crippen LogP contribution in [0.15, 0.2) is 18.3 Å². The molecule has 3 nitrogen and oxygen atoms in total. The molecule has 4 atom stereocenters. The Morgan fingerprint density at radius 3 is 2.73 bits per heavy atom. The van der Waals surface area contributed by atoms with Crippen LogP contribution in [0.25, 0.3) is 0 Å². The Bertz CT molecular complexity index is 365. The number of aliphatic hydroxyl groups is 1. The molecule has 1 aromatic rings. The number of hydrogen-bond acceptors (Lipinski definition) is 3. The van der Waals surface area contributed by atoms with E-state index in [4.69, 9.17) is 11.6 Å². The molecule has 3 rings (SSSR count). The first-order valence-corrected chi connectivity index (χ1v) is 5.69. The van der Waals surface area contributed by atoms with E-state index in [0.717, 1.165) is 18.4 Å². The fourth-order valence-electron chi connectivity index (χ4n) is 2.86. The van der Waals surface area contributed by atoms with Gasteiger partial charge < -0.3 is 10.4 Å². The van der Waals surface area contributed by atoms with Crippen LogP contribution in [0, 0.1) is 0 Å². The minimum Gasteiger partial charge on any atom is -0.391 e. The van der Waals surface area contributed by atoms with E-state index < -0.39 is 0 Å². The van der Waals surface area contributed by atoms with Crippen LogP contribution >= 0.6 is 11.6 Å². The lowest BCUT2D eigenvalue weighted by Gasteiger charge is -2.25. The lowest BCUT2D eigenvalue weighted by atomic mass is 9.82. The fourth-order valence-corrected chi connectivity index (χ4v) is 2.97. The van der Waals surface area contributed by atoms with Crippen molar-refractivity contribution in [1.82, 2.24) is 10.3 Å². The van der Waals surface area contributed by atoms with Gasteiger partial charge in [0.25, 0.3) is 0 Å². The summed E-state index contributed by atoms with van der Waals surface area (Å²) in [5, 5.41) is 14.0. The monoisotopic (exact) mass is 224 g/mol. The Morgan fingerprint density at radius 1 is 1.33 bits per heavy atom. The molecule has 2 aliphatic heterocycles. The highest BCUT2D eigenvalue weighted by Gasteiger charge is 2.47. The molecule has 0 saturated carbocycles. The molecule has 0 amide bonds. The predicted molar refractivity (Wildman–Crippen MR) is 57.9 cm³/mol. The van der Waals surface area contributed by atoms with Gasteiger partial charge in [0.15, 0.2) is 0 Å². The lowest BCUT2D eigenvalue weighted by Crippen LogP contribution is -2.30. The molecular formula is C11H13ClN2O. The van der Waals surface area contributed by atoms with Crippen molar-refractivity contribution in [2.75, 3.05) is 0 Å². The van der Waals surface area contributed by atoms with E-state index in [9.17, 15) is 5.11 Å². The van der Waals surface area contributed by atoms with Crippen LogP contribution in [0.1, 0.15) is 24.3 Å². The molecule has 4 heteroatoms. The quantitative estimate of drug-likeness (QED) is 0.708. The molecule has 3 heterocycles. The van der Waals surface area contributed by atoms with E-state index in [2.05, 4.69) is 10.3 Å². The van der Waals surface area contributed by atoms with E-state index in [1.54, 1.807) is 12.3 Å². The molecule has 80 valence electrons. The molecule has 2 N–H and O–H groups in total. The molecule has 2 fully saturated rings. The first kappa shape index (κ1) is 9.58. The zero-order chi connectivity index (χ0) is 10.4. The van der Waals surface area contributed by atoms with Gasteiger partial charge in [0, 0.05) is 24.2 Å². The number of aliphatic hydroxyl groups excluding tert-OH is 1. The van der Waals surface area contributed by atoms with Gasteiger partial charge in [0.2, 0.25) is 0 Å². The smallest absolute Gasteiger partial charge is 0.129 e. The number of pyridine rings is 1. The second-order valence-corrected chi connectivity index (χ2v) is 4.77. The van der Waals surface area contributed by atoms with Crippen LogP contribution in [0.3, 0.4) is 0 Å². The average molecular weight is 225 g/mol. The van der Waals surface area contributed by atoms with Gasteiger partial charge >= 0.3 is 0 Å². The van der Waals surface area contributed by atoms with Crippen molar-refractivity contribution in [3.63, 3.8) is 0 Å². The number of fused-ring (bicyclic) bond motifs is 2. The highest BCUT2D eigenvalue weighted by atomic mass is 35.5. The number of nitrogens with one attached hydrogen (secondary N) is 1. The first-order chi connectivity index (χ1) is 7.25. The summed E-state index contributed by atoms with van der Waals surface area (Å²) >= 11 is 5.74. The van der Waals surface area contributed by atoms with Gasteiger partial charge in [-0.3, -0.25) is 0 Å². The molecule has 0 radical (unpaired) electrons. The molecule has 0 aromatic carbocycles. The van der Waals surface area contributed by atoms with E-state index in [-0.39, 0.29) is 18.1 Å². The van der Waals surface area contributed by atoms with Crippen LogP contribution in [0.5, 0.6) is 0 Å². The summed E-state index contributed by atoms with van der Waals surface area (Å²) in [7, 11) is 0. The molecule has 2 aliphatic rings. The Hall–Kier alpha value is -0.640. The Balaban J connectivity index is 1.91. The molecule has 0 spiro atoms. The standard InChI is InChI=1S/C11H13ClN2O/c12-9-4-1-6(5-13-9)10-7-2-3-8(14-7)11(10)15/h1,4-5,7-8,10-11,14-15H,2-3H2/t7?,8?,10?,11-/m1/s1. The second-order valence-electron chi connectivity index (χ2n) is 4.39. The third kappa shape index (κ3) is 1.46. The predicted octanol–water partition coefficient (Wildman–Crippen LogP) is 1.31. The van der Waals surface area contributed by atoms with Crippen molar-refractivity contribution in [3.8, 4) is 0 Å². The summed E-state index contributed by atoms with van der Waals surface area (Å²) in [4.78, 5) is 4.07. The van der Waals surface area contributed by atoms with E-state index >= 15 is 0 Å². The molecule has 2 bridgehead atoms. The topological polar surface area (TPSA) is 45.1 Å². The van der Waals surface area contributed by atoms with Crippen LogP contribution < -0.4 is 5.32 Å². The molecule has 1 aromatic heterocycles. The number of nitrogens with zero attached hydrogens (tertiary/aromatic N) is 1. The average Bonchev–Trinajstić information content (AvgIpc) is 2.80. The first-order valence-electron chi connectivity index (χ1n) is 5.31. The number of aromatic nitrogens is 1. The van der Waals surface area contributed by atoms with Gasteiger partial charge in [-0.2, -0.15) is 0 Å². The van der Waals surface area contributed by atoms with E-state index in [1.807, 2.05) is 6.07 Å². The van der Waals surface area contributed by atoms with Crippen LogP contribution in [-0.4, -0.2) is 28.3 Å². The summed E-state index contributed by atoms with van der Waals surface area (Å²) in [6.07, 6.45) is 3.74. The summed E-state index contributed by atoms with van der Waals surface area (Å²) in [6.45, 7) is 0.